The molecule has 0 amide bonds. The van der Waals surface area contributed by atoms with E-state index in [2.05, 4.69) is 6.58 Å². The molecule has 0 aromatic carbocycles. The van der Waals surface area contributed by atoms with Crippen molar-refractivity contribution in [2.45, 2.75) is 43.5 Å². The molecule has 0 spiro atoms. The van der Waals surface area contributed by atoms with Crippen molar-refractivity contribution in [3.8, 4) is 0 Å². The topological polar surface area (TPSA) is 126 Å². The number of rotatable bonds is 8. The second-order valence-corrected chi connectivity index (χ2v) is 4.65. The number of hydrogen-bond acceptors (Lipinski definition) is 8. The SMILES string of the molecule is C=CC(=O)OCCCCO[C@H]1O[C@H](CO)[C@@H](O)[C@H](O)[C@H]1O. The van der Waals surface area contributed by atoms with Crippen LogP contribution in [0.4, 0.5) is 0 Å². The van der Waals surface area contributed by atoms with Crippen LogP contribution in [-0.4, -0.2) is 76.9 Å². The number of carbonyl (C=O) groups is 1. The van der Waals surface area contributed by atoms with E-state index in [-0.39, 0.29) is 13.2 Å². The quantitative estimate of drug-likeness (QED) is 0.238. The minimum Gasteiger partial charge on any atom is -0.463 e. The van der Waals surface area contributed by atoms with Crippen molar-refractivity contribution in [3.05, 3.63) is 12.7 Å². The lowest BCUT2D eigenvalue weighted by molar-refractivity contribution is -0.301. The number of ether oxygens (including phenoxy) is 3. The Morgan fingerprint density at radius 2 is 1.81 bits per heavy atom. The van der Waals surface area contributed by atoms with Gasteiger partial charge in [0.15, 0.2) is 6.29 Å². The van der Waals surface area contributed by atoms with Gasteiger partial charge in [-0.2, -0.15) is 0 Å². The molecule has 8 nitrogen and oxygen atoms in total. The summed E-state index contributed by atoms with van der Waals surface area (Å²) in [6.07, 6.45) is -4.20. The van der Waals surface area contributed by atoms with Crippen molar-refractivity contribution in [2.24, 2.45) is 0 Å². The van der Waals surface area contributed by atoms with Gasteiger partial charge in [0, 0.05) is 12.7 Å². The molecule has 1 aliphatic rings. The smallest absolute Gasteiger partial charge is 0.330 e. The van der Waals surface area contributed by atoms with Gasteiger partial charge in [0.05, 0.1) is 13.2 Å². The maximum Gasteiger partial charge on any atom is 0.330 e. The molecule has 1 saturated heterocycles. The molecule has 4 N–H and O–H groups in total. The number of aliphatic hydroxyl groups excluding tert-OH is 4. The monoisotopic (exact) mass is 306 g/mol. The maximum absolute atomic E-state index is 10.8. The Hall–Kier alpha value is -1.03. The van der Waals surface area contributed by atoms with Crippen LogP contribution >= 0.6 is 0 Å². The fourth-order valence-electron chi connectivity index (χ4n) is 1.84. The molecule has 122 valence electrons. The van der Waals surface area contributed by atoms with Crippen LogP contribution in [0.5, 0.6) is 0 Å². The van der Waals surface area contributed by atoms with E-state index in [9.17, 15) is 20.1 Å². The number of aliphatic hydroxyl groups is 4. The Labute approximate surface area is 122 Å². The zero-order valence-corrected chi connectivity index (χ0v) is 11.6. The summed E-state index contributed by atoms with van der Waals surface area (Å²) in [5.74, 6) is -0.496. The van der Waals surface area contributed by atoms with Crippen molar-refractivity contribution in [3.63, 3.8) is 0 Å². The van der Waals surface area contributed by atoms with Crippen LogP contribution in [0.1, 0.15) is 12.8 Å². The second kappa shape index (κ2) is 9.08. The molecule has 8 heteroatoms. The lowest BCUT2D eigenvalue weighted by atomic mass is 9.99. The van der Waals surface area contributed by atoms with E-state index < -0.39 is 43.3 Å². The Bertz CT molecular complexity index is 332. The van der Waals surface area contributed by atoms with Crippen LogP contribution in [0.3, 0.4) is 0 Å². The summed E-state index contributed by atoms with van der Waals surface area (Å²) >= 11 is 0. The fourth-order valence-corrected chi connectivity index (χ4v) is 1.84. The normalized spacial score (nSPS) is 32.7. The summed E-state index contributed by atoms with van der Waals surface area (Å²) in [7, 11) is 0. The summed E-state index contributed by atoms with van der Waals surface area (Å²) in [6.45, 7) is 3.20. The summed E-state index contributed by atoms with van der Waals surface area (Å²) < 4.78 is 15.2. The molecule has 0 aliphatic carbocycles. The first-order valence-electron chi connectivity index (χ1n) is 6.72. The number of hydrogen-bond donors (Lipinski definition) is 4. The summed E-state index contributed by atoms with van der Waals surface area (Å²) in [6, 6.07) is 0. The van der Waals surface area contributed by atoms with Gasteiger partial charge < -0.3 is 34.6 Å². The van der Waals surface area contributed by atoms with Gasteiger partial charge in [-0.25, -0.2) is 4.79 Å². The molecular weight excluding hydrogens is 284 g/mol. The first-order chi connectivity index (χ1) is 10.0. The molecule has 0 aromatic rings. The number of esters is 1. The van der Waals surface area contributed by atoms with E-state index >= 15 is 0 Å². The highest BCUT2D eigenvalue weighted by Gasteiger charge is 2.43. The van der Waals surface area contributed by atoms with Gasteiger partial charge in [-0.05, 0) is 12.8 Å². The Balaban J connectivity index is 2.24. The first kappa shape index (κ1) is 18.0. The minimum atomic E-state index is -1.45. The molecule has 5 atom stereocenters. The second-order valence-electron chi connectivity index (χ2n) is 4.65. The van der Waals surface area contributed by atoms with Crippen LogP contribution in [0.2, 0.25) is 0 Å². The van der Waals surface area contributed by atoms with E-state index in [1.807, 2.05) is 0 Å². The van der Waals surface area contributed by atoms with Crippen LogP contribution < -0.4 is 0 Å². The first-order valence-corrected chi connectivity index (χ1v) is 6.72. The Kier molecular flexibility index (Phi) is 7.79. The van der Waals surface area contributed by atoms with Crippen molar-refractivity contribution in [1.82, 2.24) is 0 Å². The Morgan fingerprint density at radius 1 is 1.14 bits per heavy atom. The third-order valence-corrected chi connectivity index (χ3v) is 3.08. The molecule has 0 saturated carbocycles. The van der Waals surface area contributed by atoms with E-state index in [1.54, 1.807) is 0 Å². The third kappa shape index (κ3) is 5.34. The predicted octanol–water partition coefficient (Wildman–Crippen LogP) is -1.69. The lowest BCUT2D eigenvalue weighted by Crippen LogP contribution is -2.59. The van der Waals surface area contributed by atoms with Crippen molar-refractivity contribution in [1.29, 1.82) is 0 Å². The number of unbranched alkanes of at least 4 members (excludes halogenated alkanes) is 1. The van der Waals surface area contributed by atoms with Gasteiger partial charge >= 0.3 is 5.97 Å². The third-order valence-electron chi connectivity index (χ3n) is 3.08. The molecule has 0 aromatic heterocycles. The summed E-state index contributed by atoms with van der Waals surface area (Å²) in [5, 5.41) is 37.9. The largest absolute Gasteiger partial charge is 0.463 e. The van der Waals surface area contributed by atoms with Crippen molar-refractivity contribution >= 4 is 5.97 Å². The van der Waals surface area contributed by atoms with E-state index in [0.29, 0.717) is 12.8 Å². The summed E-state index contributed by atoms with van der Waals surface area (Å²) in [5.41, 5.74) is 0. The average molecular weight is 306 g/mol. The van der Waals surface area contributed by atoms with Gasteiger partial charge in [-0.3, -0.25) is 0 Å². The summed E-state index contributed by atoms with van der Waals surface area (Å²) in [4.78, 5) is 10.8. The molecule has 1 aliphatic heterocycles. The van der Waals surface area contributed by atoms with Crippen LogP contribution in [0.25, 0.3) is 0 Å². The van der Waals surface area contributed by atoms with Gasteiger partial charge in [0.25, 0.3) is 0 Å². The van der Waals surface area contributed by atoms with Gasteiger partial charge in [-0.15, -0.1) is 0 Å². The van der Waals surface area contributed by atoms with E-state index in [4.69, 9.17) is 19.3 Å². The molecule has 1 fully saturated rings. The molecule has 0 radical (unpaired) electrons. The van der Waals surface area contributed by atoms with Gasteiger partial charge in [0.2, 0.25) is 0 Å². The van der Waals surface area contributed by atoms with Gasteiger partial charge in [-0.1, -0.05) is 6.58 Å². The molecule has 21 heavy (non-hydrogen) atoms. The predicted molar refractivity (Wildman–Crippen MR) is 70.1 cm³/mol. The zero-order chi connectivity index (χ0) is 15.8. The maximum atomic E-state index is 10.8. The van der Waals surface area contributed by atoms with Crippen molar-refractivity contribution < 1.29 is 39.4 Å². The molecule has 1 heterocycles. The minimum absolute atomic E-state index is 0.203. The molecular formula is C13H22O8. The van der Waals surface area contributed by atoms with Crippen LogP contribution in [0.15, 0.2) is 12.7 Å². The molecule has 0 bridgehead atoms. The van der Waals surface area contributed by atoms with Gasteiger partial charge in [0.1, 0.15) is 24.4 Å². The average Bonchev–Trinajstić information content (AvgIpc) is 2.50. The standard InChI is InChI=1S/C13H22O8/c1-2-9(15)19-5-3-4-6-20-13-12(18)11(17)10(16)8(7-14)21-13/h2,8,10-14,16-18H,1,3-7H2/t8-,10-,11+,12-,13+/m1/s1. The molecule has 0 unspecified atom stereocenters. The highest BCUT2D eigenvalue weighted by molar-refractivity contribution is 5.81. The van der Waals surface area contributed by atoms with E-state index in [1.165, 1.54) is 0 Å². The number of carbonyl (C=O) groups excluding carboxylic acids is 1. The van der Waals surface area contributed by atoms with Crippen LogP contribution in [0, 0.1) is 0 Å². The molecule has 1 rings (SSSR count). The van der Waals surface area contributed by atoms with Crippen LogP contribution in [-0.2, 0) is 19.0 Å². The highest BCUT2D eigenvalue weighted by atomic mass is 16.7. The Morgan fingerprint density at radius 3 is 2.43 bits per heavy atom. The van der Waals surface area contributed by atoms with E-state index in [0.717, 1.165) is 6.08 Å². The highest BCUT2D eigenvalue weighted by Crippen LogP contribution is 2.22. The lowest BCUT2D eigenvalue weighted by Gasteiger charge is -2.39. The zero-order valence-electron chi connectivity index (χ0n) is 11.6. The fraction of sp³-hybridized carbons (Fsp3) is 0.769. The van der Waals surface area contributed by atoms with Crippen molar-refractivity contribution in [2.75, 3.05) is 19.8 Å².